The van der Waals surface area contributed by atoms with Gasteiger partial charge in [0.1, 0.15) is 5.75 Å². The normalized spacial score (nSPS) is 16.9. The minimum absolute atomic E-state index is 0.0560. The molecule has 1 aromatic carbocycles. The topological polar surface area (TPSA) is 54.0 Å². The molecule has 6 heteroatoms. The molecule has 0 amide bonds. The number of carbonyl (C=O) groups is 1. The second-order valence-electron chi connectivity index (χ2n) is 7.76. The summed E-state index contributed by atoms with van der Waals surface area (Å²) in [6.45, 7) is 14.0. The average molecular weight is 378 g/mol. The van der Waals surface area contributed by atoms with Gasteiger partial charge >= 0.3 is 5.97 Å². The standard InChI is InChI=1S/C21H35N3O3/c1-16(14-24-8-6-23(4)7-9-24)12-22-13-19-10-17(2)21(18(3)11-19)27-15-20(25)26-5/h10-11,16,22H,6-9,12-15H2,1-5H3. The summed E-state index contributed by atoms with van der Waals surface area (Å²) in [5.74, 6) is 1.03. The van der Waals surface area contributed by atoms with Crippen LogP contribution in [-0.4, -0.2) is 75.8 Å². The van der Waals surface area contributed by atoms with Gasteiger partial charge in [0.15, 0.2) is 6.61 Å². The fraction of sp³-hybridized carbons (Fsp3) is 0.667. The van der Waals surface area contributed by atoms with Gasteiger partial charge in [-0.15, -0.1) is 0 Å². The molecular formula is C21H35N3O3. The molecule has 0 aliphatic carbocycles. The molecule has 1 fully saturated rings. The predicted octanol–water partition coefficient (Wildman–Crippen LogP) is 1.83. The van der Waals surface area contributed by atoms with Gasteiger partial charge in [0.05, 0.1) is 7.11 Å². The molecule has 0 radical (unpaired) electrons. The van der Waals surface area contributed by atoms with Gasteiger partial charge in [0.2, 0.25) is 0 Å². The Bertz CT molecular complexity index is 590. The van der Waals surface area contributed by atoms with E-state index in [2.05, 4.69) is 46.0 Å². The van der Waals surface area contributed by atoms with E-state index < -0.39 is 0 Å². The number of rotatable bonds is 9. The van der Waals surface area contributed by atoms with Crippen molar-refractivity contribution < 1.29 is 14.3 Å². The molecule has 0 bridgehead atoms. The average Bonchev–Trinajstić information content (AvgIpc) is 2.62. The highest BCUT2D eigenvalue weighted by Gasteiger charge is 2.16. The number of carbonyl (C=O) groups excluding carboxylic acids is 1. The van der Waals surface area contributed by atoms with Gasteiger partial charge in [-0.25, -0.2) is 4.79 Å². The Morgan fingerprint density at radius 1 is 1.19 bits per heavy atom. The van der Waals surface area contributed by atoms with Crippen molar-refractivity contribution in [1.29, 1.82) is 0 Å². The van der Waals surface area contributed by atoms with E-state index in [4.69, 9.17) is 4.74 Å². The Kier molecular flexibility index (Phi) is 8.54. The van der Waals surface area contributed by atoms with Crippen LogP contribution < -0.4 is 10.1 Å². The van der Waals surface area contributed by atoms with E-state index in [1.54, 1.807) is 0 Å². The van der Waals surface area contributed by atoms with Crippen LogP contribution in [0.15, 0.2) is 12.1 Å². The first-order valence-corrected chi connectivity index (χ1v) is 9.80. The fourth-order valence-corrected chi connectivity index (χ4v) is 3.56. The SMILES string of the molecule is COC(=O)COc1c(C)cc(CNCC(C)CN2CCN(C)CC2)cc1C. The van der Waals surface area contributed by atoms with Crippen LogP contribution in [0.3, 0.4) is 0 Å². The Labute approximate surface area is 163 Å². The molecule has 1 aliphatic rings. The van der Waals surface area contributed by atoms with Gasteiger partial charge in [0.25, 0.3) is 0 Å². The third-order valence-corrected chi connectivity index (χ3v) is 5.07. The quantitative estimate of drug-likeness (QED) is 0.663. The zero-order valence-corrected chi connectivity index (χ0v) is 17.5. The highest BCUT2D eigenvalue weighted by atomic mass is 16.6. The zero-order valence-electron chi connectivity index (χ0n) is 17.5. The van der Waals surface area contributed by atoms with Crippen molar-refractivity contribution in [1.82, 2.24) is 15.1 Å². The number of hydrogen-bond acceptors (Lipinski definition) is 6. The van der Waals surface area contributed by atoms with Crippen LogP contribution >= 0.6 is 0 Å². The first-order chi connectivity index (χ1) is 12.9. The lowest BCUT2D eigenvalue weighted by Gasteiger charge is -2.34. The summed E-state index contributed by atoms with van der Waals surface area (Å²) in [4.78, 5) is 16.2. The van der Waals surface area contributed by atoms with Crippen LogP contribution in [0.5, 0.6) is 5.75 Å². The van der Waals surface area contributed by atoms with E-state index in [0.717, 1.165) is 36.5 Å². The van der Waals surface area contributed by atoms with E-state index in [9.17, 15) is 4.79 Å². The minimum Gasteiger partial charge on any atom is -0.481 e. The Hall–Kier alpha value is -1.63. The number of ether oxygens (including phenoxy) is 2. The highest BCUT2D eigenvalue weighted by molar-refractivity contribution is 5.71. The summed E-state index contributed by atoms with van der Waals surface area (Å²) in [7, 11) is 3.56. The maximum Gasteiger partial charge on any atom is 0.343 e. The third kappa shape index (κ3) is 7.13. The third-order valence-electron chi connectivity index (χ3n) is 5.07. The minimum atomic E-state index is -0.367. The smallest absolute Gasteiger partial charge is 0.343 e. The predicted molar refractivity (Wildman–Crippen MR) is 108 cm³/mol. The number of hydrogen-bond donors (Lipinski definition) is 1. The number of nitrogens with one attached hydrogen (secondary N) is 1. The van der Waals surface area contributed by atoms with Gasteiger partial charge in [-0.2, -0.15) is 0 Å². The van der Waals surface area contributed by atoms with E-state index in [1.165, 1.54) is 38.9 Å². The van der Waals surface area contributed by atoms with E-state index in [-0.39, 0.29) is 12.6 Å². The first-order valence-electron chi connectivity index (χ1n) is 9.80. The van der Waals surface area contributed by atoms with E-state index >= 15 is 0 Å². The molecule has 1 aromatic rings. The molecule has 1 saturated heterocycles. The van der Waals surface area contributed by atoms with Crippen molar-refractivity contribution in [2.45, 2.75) is 27.3 Å². The Balaban J connectivity index is 1.77. The maximum atomic E-state index is 11.3. The molecule has 0 saturated carbocycles. The molecule has 2 rings (SSSR count). The van der Waals surface area contributed by atoms with Crippen LogP contribution in [0.2, 0.25) is 0 Å². The fourth-order valence-electron chi connectivity index (χ4n) is 3.56. The molecule has 1 N–H and O–H groups in total. The number of piperazine rings is 1. The largest absolute Gasteiger partial charge is 0.481 e. The highest BCUT2D eigenvalue weighted by Crippen LogP contribution is 2.25. The van der Waals surface area contributed by atoms with Crippen molar-refractivity contribution in [2.24, 2.45) is 5.92 Å². The molecular weight excluding hydrogens is 342 g/mol. The molecule has 1 heterocycles. The molecule has 1 atom stereocenters. The van der Waals surface area contributed by atoms with E-state index in [1.807, 2.05) is 13.8 Å². The molecule has 0 spiro atoms. The van der Waals surface area contributed by atoms with Crippen molar-refractivity contribution in [3.63, 3.8) is 0 Å². The van der Waals surface area contributed by atoms with Crippen molar-refractivity contribution in [3.8, 4) is 5.75 Å². The molecule has 0 aromatic heterocycles. The van der Waals surface area contributed by atoms with Gasteiger partial charge in [-0.05, 0) is 50.0 Å². The Morgan fingerprint density at radius 3 is 2.41 bits per heavy atom. The van der Waals surface area contributed by atoms with Crippen LogP contribution in [0, 0.1) is 19.8 Å². The monoisotopic (exact) mass is 377 g/mol. The second kappa shape index (κ2) is 10.6. The number of likely N-dealkylation sites (N-methyl/N-ethyl adjacent to an activating group) is 1. The zero-order chi connectivity index (χ0) is 19.8. The summed E-state index contributed by atoms with van der Waals surface area (Å²) in [5, 5.41) is 3.58. The number of benzene rings is 1. The summed E-state index contributed by atoms with van der Waals surface area (Å²) >= 11 is 0. The molecule has 152 valence electrons. The summed E-state index contributed by atoms with van der Waals surface area (Å²) in [5.41, 5.74) is 3.32. The number of methoxy groups -OCH3 is 1. The van der Waals surface area contributed by atoms with Gasteiger partial charge in [-0.3, -0.25) is 0 Å². The summed E-state index contributed by atoms with van der Waals surface area (Å²) in [6.07, 6.45) is 0. The number of nitrogens with zero attached hydrogens (tertiary/aromatic N) is 2. The lowest BCUT2D eigenvalue weighted by molar-refractivity contribution is -0.142. The van der Waals surface area contributed by atoms with Crippen LogP contribution in [0.4, 0.5) is 0 Å². The number of esters is 1. The van der Waals surface area contributed by atoms with E-state index in [0.29, 0.717) is 5.92 Å². The van der Waals surface area contributed by atoms with Crippen molar-refractivity contribution in [2.75, 3.05) is 60.0 Å². The maximum absolute atomic E-state index is 11.3. The lowest BCUT2D eigenvalue weighted by Crippen LogP contribution is -2.46. The van der Waals surface area contributed by atoms with Gasteiger partial charge in [-0.1, -0.05) is 19.1 Å². The molecule has 1 unspecified atom stereocenters. The van der Waals surface area contributed by atoms with Crippen molar-refractivity contribution in [3.05, 3.63) is 28.8 Å². The Morgan fingerprint density at radius 2 is 1.81 bits per heavy atom. The van der Waals surface area contributed by atoms with Gasteiger partial charge < -0.3 is 24.6 Å². The van der Waals surface area contributed by atoms with Crippen molar-refractivity contribution >= 4 is 5.97 Å². The van der Waals surface area contributed by atoms with Crippen LogP contribution in [0.25, 0.3) is 0 Å². The molecule has 27 heavy (non-hydrogen) atoms. The first kappa shape index (κ1) is 21.7. The summed E-state index contributed by atoms with van der Waals surface area (Å²) < 4.78 is 10.2. The lowest BCUT2D eigenvalue weighted by atomic mass is 10.1. The van der Waals surface area contributed by atoms with Crippen LogP contribution in [-0.2, 0) is 16.1 Å². The van der Waals surface area contributed by atoms with Gasteiger partial charge in [0, 0.05) is 39.3 Å². The molecule has 6 nitrogen and oxygen atoms in total. The molecule has 1 aliphatic heterocycles. The summed E-state index contributed by atoms with van der Waals surface area (Å²) in [6, 6.07) is 4.25. The number of aryl methyl sites for hydroxylation is 2. The van der Waals surface area contributed by atoms with Crippen LogP contribution in [0.1, 0.15) is 23.6 Å². The second-order valence-corrected chi connectivity index (χ2v) is 7.76.